The summed E-state index contributed by atoms with van der Waals surface area (Å²) in [7, 11) is 3.30. The van der Waals surface area contributed by atoms with Crippen LogP contribution in [0.15, 0.2) is 78.4 Å². The van der Waals surface area contributed by atoms with E-state index in [0.717, 1.165) is 11.3 Å². The van der Waals surface area contributed by atoms with Crippen LogP contribution in [0.1, 0.15) is 57.4 Å². The minimum absolute atomic E-state index is 0.236. The van der Waals surface area contributed by atoms with Crippen LogP contribution in [0.4, 0.5) is 0 Å². The molecule has 172 valence electrons. The van der Waals surface area contributed by atoms with E-state index in [2.05, 4.69) is 98.9 Å². The molecule has 33 heavy (non-hydrogen) atoms. The van der Waals surface area contributed by atoms with Gasteiger partial charge in [0, 0.05) is 0 Å². The van der Waals surface area contributed by atoms with Gasteiger partial charge in [-0.1, -0.05) is 0 Å². The number of benzene rings is 2. The van der Waals surface area contributed by atoms with Crippen molar-refractivity contribution in [2.24, 2.45) is 17.3 Å². The van der Waals surface area contributed by atoms with E-state index in [0.29, 0.717) is 17.8 Å². The minimum atomic E-state index is -2.15. The molecule has 0 radical (unpaired) electrons. The molecule has 1 aliphatic heterocycles. The van der Waals surface area contributed by atoms with E-state index < -0.39 is 6.29 Å². The van der Waals surface area contributed by atoms with E-state index >= 15 is 0 Å². The number of hydrogen-bond acceptors (Lipinski definition) is 0. The van der Waals surface area contributed by atoms with Crippen LogP contribution in [-0.4, -0.2) is 18.0 Å². The van der Waals surface area contributed by atoms with Crippen molar-refractivity contribution in [3.05, 3.63) is 84.0 Å². The zero-order valence-corrected chi connectivity index (χ0v) is 23.0. The predicted octanol–water partition coefficient (Wildman–Crippen LogP) is 10.4. The standard InChI is InChI=1S/C30H37P3/c1-22-28(26-17-11-13-23-12-7-8-16-25(23)26)29(27-18-9-10-19-30(22,27)2)33(3,21-20-31-32-33)24-14-5-4-6-15-24/h7-13,16-22,24,27-29H,4-6,14-15H2,1-3H3. The second kappa shape index (κ2) is 7.99. The molecule has 0 aromatic heterocycles. The van der Waals surface area contributed by atoms with Gasteiger partial charge in [0.1, 0.15) is 0 Å². The molecule has 5 unspecified atom stereocenters. The first-order valence-corrected chi connectivity index (χ1v) is 19.1. The van der Waals surface area contributed by atoms with Crippen LogP contribution < -0.4 is 0 Å². The van der Waals surface area contributed by atoms with Gasteiger partial charge in [0.2, 0.25) is 0 Å². The quantitative estimate of drug-likeness (QED) is 0.375. The number of allylic oxidation sites excluding steroid dienone is 4. The summed E-state index contributed by atoms with van der Waals surface area (Å²) in [4.78, 5) is 0. The van der Waals surface area contributed by atoms with Crippen molar-refractivity contribution in [1.82, 2.24) is 0 Å². The number of hydrogen-bond donors (Lipinski definition) is 0. The van der Waals surface area contributed by atoms with E-state index in [1.54, 1.807) is 21.0 Å². The van der Waals surface area contributed by atoms with Gasteiger partial charge < -0.3 is 0 Å². The summed E-state index contributed by atoms with van der Waals surface area (Å²) in [5, 5.41) is 2.89. The molecule has 0 saturated heterocycles. The molecule has 0 N–H and O–H groups in total. The summed E-state index contributed by atoms with van der Waals surface area (Å²) in [6.45, 7) is 8.01. The Kier molecular flexibility index (Phi) is 5.43. The van der Waals surface area contributed by atoms with Crippen molar-refractivity contribution in [1.29, 1.82) is 0 Å². The van der Waals surface area contributed by atoms with Crippen LogP contribution in [0.5, 0.6) is 0 Å². The molecule has 2 aromatic rings. The molecule has 3 aliphatic carbocycles. The maximum atomic E-state index is 2.86. The first kappa shape index (κ1) is 22.4. The second-order valence-electron chi connectivity index (χ2n) is 11.6. The van der Waals surface area contributed by atoms with E-state index in [9.17, 15) is 0 Å². The van der Waals surface area contributed by atoms with Crippen molar-refractivity contribution in [2.45, 2.75) is 63.2 Å². The fourth-order valence-electron chi connectivity index (χ4n) is 8.19. The first-order valence-electron chi connectivity index (χ1n) is 12.9. The molecular formula is C30H37P3. The SMILES string of the molecule is CC1C(c2cccc3ccccc23)C(P2(C)(C3CCCCC3)C=CP=P2)C2C=CC=CC12C. The molecule has 1 heterocycles. The molecule has 5 atom stereocenters. The molecule has 2 fully saturated rings. The fraction of sp³-hybridized carbons (Fsp3) is 0.467. The predicted molar refractivity (Wildman–Crippen MR) is 152 cm³/mol. The Hall–Kier alpha value is -1.05. The normalized spacial score (nSPS) is 38.7. The molecule has 0 amide bonds. The van der Waals surface area contributed by atoms with Gasteiger partial charge in [-0.05, 0) is 0 Å². The van der Waals surface area contributed by atoms with E-state index in [1.165, 1.54) is 42.9 Å². The van der Waals surface area contributed by atoms with Gasteiger partial charge in [0.15, 0.2) is 0 Å². The van der Waals surface area contributed by atoms with Gasteiger partial charge in [-0.2, -0.15) is 0 Å². The van der Waals surface area contributed by atoms with Gasteiger partial charge in [-0.25, -0.2) is 0 Å². The number of rotatable bonds is 3. The summed E-state index contributed by atoms with van der Waals surface area (Å²) < 4.78 is 0. The van der Waals surface area contributed by atoms with Crippen LogP contribution >= 0.6 is 21.7 Å². The molecule has 2 aromatic carbocycles. The van der Waals surface area contributed by atoms with Gasteiger partial charge in [-0.3, -0.25) is 0 Å². The molecule has 0 bridgehead atoms. The third-order valence-corrected chi connectivity index (χ3v) is 26.5. The first-order chi connectivity index (χ1) is 16.0. The van der Waals surface area contributed by atoms with Crippen molar-refractivity contribution in [2.75, 3.05) is 6.66 Å². The Morgan fingerprint density at radius 1 is 0.970 bits per heavy atom. The third kappa shape index (κ3) is 3.14. The molecule has 0 nitrogen and oxygen atoms in total. The fourth-order valence-corrected chi connectivity index (χ4v) is 26.3. The van der Waals surface area contributed by atoms with Crippen molar-refractivity contribution in [3.8, 4) is 0 Å². The van der Waals surface area contributed by atoms with E-state index in [1.807, 2.05) is 0 Å². The average molecular weight is 491 g/mol. The Balaban J connectivity index is 1.62. The van der Waals surface area contributed by atoms with Crippen molar-refractivity contribution >= 4 is 32.5 Å². The summed E-state index contributed by atoms with van der Waals surface area (Å²) >= 11 is 0. The zero-order chi connectivity index (χ0) is 22.7. The summed E-state index contributed by atoms with van der Waals surface area (Å²) in [5.41, 5.74) is 3.50. The third-order valence-electron chi connectivity index (χ3n) is 10.2. The van der Waals surface area contributed by atoms with Gasteiger partial charge >= 0.3 is 204 Å². The Bertz CT molecular complexity index is 1180. The molecule has 2 saturated carbocycles. The monoisotopic (exact) mass is 490 g/mol. The molecular weight excluding hydrogens is 453 g/mol. The summed E-state index contributed by atoms with van der Waals surface area (Å²) in [5.74, 6) is 7.29. The van der Waals surface area contributed by atoms with Gasteiger partial charge in [0.25, 0.3) is 0 Å². The van der Waals surface area contributed by atoms with Crippen molar-refractivity contribution in [3.63, 3.8) is 0 Å². The molecule has 3 heteroatoms. The van der Waals surface area contributed by atoms with Crippen LogP contribution in [0.25, 0.3) is 10.8 Å². The topological polar surface area (TPSA) is 0 Å². The van der Waals surface area contributed by atoms with Gasteiger partial charge in [0.05, 0.1) is 0 Å². The Morgan fingerprint density at radius 3 is 2.55 bits per heavy atom. The maximum absolute atomic E-state index is 2.86. The zero-order valence-electron chi connectivity index (χ0n) is 20.3. The molecule has 6 rings (SSSR count). The summed E-state index contributed by atoms with van der Waals surface area (Å²) in [6.07, 6.45) is 15.0. The van der Waals surface area contributed by atoms with E-state index in [-0.39, 0.29) is 5.41 Å². The Morgan fingerprint density at radius 2 is 1.76 bits per heavy atom. The Labute approximate surface area is 203 Å². The van der Waals surface area contributed by atoms with Crippen molar-refractivity contribution < 1.29 is 0 Å². The van der Waals surface area contributed by atoms with Crippen LogP contribution in [0.3, 0.4) is 0 Å². The van der Waals surface area contributed by atoms with Gasteiger partial charge in [-0.15, -0.1) is 0 Å². The van der Waals surface area contributed by atoms with Crippen LogP contribution in [0.2, 0.25) is 0 Å². The second-order valence-corrected chi connectivity index (χ2v) is 23.6. The number of fused-ring (bicyclic) bond motifs is 2. The average Bonchev–Trinajstić information content (AvgIpc) is 3.37. The summed E-state index contributed by atoms with van der Waals surface area (Å²) in [6, 6.07) is 16.3. The van der Waals surface area contributed by atoms with Crippen LogP contribution in [0, 0.1) is 17.3 Å². The molecule has 4 aliphatic rings. The van der Waals surface area contributed by atoms with Crippen LogP contribution in [-0.2, 0) is 0 Å². The van der Waals surface area contributed by atoms with E-state index in [4.69, 9.17) is 0 Å². The molecule has 0 spiro atoms.